The lowest BCUT2D eigenvalue weighted by atomic mass is 10.2. The summed E-state index contributed by atoms with van der Waals surface area (Å²) in [6.07, 6.45) is 6.58. The molecule has 0 aliphatic heterocycles. The summed E-state index contributed by atoms with van der Waals surface area (Å²) in [4.78, 5) is 11.7. The van der Waals surface area contributed by atoms with Crippen LogP contribution in [0.3, 0.4) is 0 Å². The summed E-state index contributed by atoms with van der Waals surface area (Å²) >= 11 is 0. The fourth-order valence-electron chi connectivity index (χ4n) is 2.98. The van der Waals surface area contributed by atoms with Crippen LogP contribution in [0.1, 0.15) is 30.0 Å². The molecule has 0 saturated carbocycles. The van der Waals surface area contributed by atoms with E-state index in [1.807, 2.05) is 47.9 Å². The first-order chi connectivity index (χ1) is 13.2. The van der Waals surface area contributed by atoms with Gasteiger partial charge in [-0.25, -0.2) is 9.97 Å². The van der Waals surface area contributed by atoms with Crippen molar-refractivity contribution in [3.63, 3.8) is 0 Å². The molecule has 0 amide bonds. The predicted octanol–water partition coefficient (Wildman–Crippen LogP) is 3.83. The summed E-state index contributed by atoms with van der Waals surface area (Å²) in [6, 6.07) is 13.9. The van der Waals surface area contributed by atoms with Crippen LogP contribution >= 0.6 is 0 Å². The van der Waals surface area contributed by atoms with Gasteiger partial charge in [0.1, 0.15) is 18.3 Å². The maximum Gasteiger partial charge on any atom is 0.135 e. The van der Waals surface area contributed by atoms with Crippen molar-refractivity contribution in [1.29, 1.82) is 0 Å². The Labute approximate surface area is 156 Å². The Morgan fingerprint density at radius 2 is 2.19 bits per heavy atom. The number of fused-ring (bicyclic) bond motifs is 1. The van der Waals surface area contributed by atoms with Crippen molar-refractivity contribution >= 4 is 17.2 Å². The van der Waals surface area contributed by atoms with E-state index in [1.54, 1.807) is 18.7 Å². The Morgan fingerprint density at radius 3 is 3.00 bits per heavy atom. The van der Waals surface area contributed by atoms with Crippen LogP contribution in [0.25, 0.3) is 16.7 Å². The molecule has 7 nitrogen and oxygen atoms in total. The molecule has 7 heteroatoms. The van der Waals surface area contributed by atoms with E-state index in [0.717, 1.165) is 33.7 Å². The van der Waals surface area contributed by atoms with Gasteiger partial charge < -0.3 is 14.9 Å². The molecule has 0 fully saturated rings. The van der Waals surface area contributed by atoms with Gasteiger partial charge in [0.25, 0.3) is 0 Å². The van der Waals surface area contributed by atoms with Gasteiger partial charge in [0, 0.05) is 18.1 Å². The molecule has 4 aromatic rings. The summed E-state index contributed by atoms with van der Waals surface area (Å²) in [5.74, 6) is 0.814. The van der Waals surface area contributed by atoms with Crippen LogP contribution in [0.4, 0.5) is 0 Å². The fourth-order valence-corrected chi connectivity index (χ4v) is 2.98. The molecule has 136 valence electrons. The highest BCUT2D eigenvalue weighted by atomic mass is 16.5. The van der Waals surface area contributed by atoms with Crippen molar-refractivity contribution in [2.24, 2.45) is 5.16 Å². The Kier molecular flexibility index (Phi) is 4.67. The number of rotatable bonds is 6. The quantitative estimate of drug-likeness (QED) is 0.310. The summed E-state index contributed by atoms with van der Waals surface area (Å²) in [5, 5.41) is 11.7. The smallest absolute Gasteiger partial charge is 0.135 e. The van der Waals surface area contributed by atoms with E-state index >= 15 is 0 Å². The molecule has 0 bridgehead atoms. The predicted molar refractivity (Wildman–Crippen MR) is 102 cm³/mol. The SMILES string of the molecule is CC(OCc1cccc(-n2cnc3cc(C=NO)ccc32)c1)c1ncc[nH]1. The number of nitrogens with zero attached hydrogens (tertiary/aromatic N) is 4. The standard InChI is InChI=1S/C20H19N5O2/c1-14(20-21-7-8-22-20)27-12-16-3-2-4-17(9-16)25-13-23-18-10-15(11-24-26)5-6-19(18)25/h2-11,13-14,26H,12H2,1H3,(H,21,22). The van der Waals surface area contributed by atoms with Crippen LogP contribution in [0, 0.1) is 0 Å². The average Bonchev–Trinajstić information content (AvgIpc) is 3.36. The fraction of sp³-hybridized carbons (Fsp3) is 0.150. The van der Waals surface area contributed by atoms with Crippen LogP contribution < -0.4 is 0 Å². The second kappa shape index (κ2) is 7.43. The second-order valence-corrected chi connectivity index (χ2v) is 6.20. The van der Waals surface area contributed by atoms with Crippen LogP contribution in [0.2, 0.25) is 0 Å². The van der Waals surface area contributed by atoms with Crippen molar-refractivity contribution in [2.45, 2.75) is 19.6 Å². The number of benzene rings is 2. The molecular formula is C20H19N5O2. The van der Waals surface area contributed by atoms with E-state index in [-0.39, 0.29) is 6.10 Å². The molecule has 2 N–H and O–H groups in total. The number of aromatic amines is 1. The highest BCUT2D eigenvalue weighted by Crippen LogP contribution is 2.21. The summed E-state index contributed by atoms with van der Waals surface area (Å²) in [5.41, 5.74) is 4.68. The van der Waals surface area contributed by atoms with Gasteiger partial charge in [-0.2, -0.15) is 0 Å². The van der Waals surface area contributed by atoms with E-state index < -0.39 is 0 Å². The molecule has 0 radical (unpaired) electrons. The molecule has 2 heterocycles. The van der Waals surface area contributed by atoms with Crippen molar-refractivity contribution in [3.8, 4) is 5.69 Å². The normalized spacial score (nSPS) is 12.8. The molecule has 0 aliphatic rings. The van der Waals surface area contributed by atoms with Gasteiger partial charge in [-0.05, 0) is 42.3 Å². The topological polar surface area (TPSA) is 88.3 Å². The van der Waals surface area contributed by atoms with Crippen molar-refractivity contribution in [3.05, 3.63) is 78.1 Å². The average molecular weight is 361 g/mol. The van der Waals surface area contributed by atoms with E-state index in [1.165, 1.54) is 6.21 Å². The minimum Gasteiger partial charge on any atom is -0.411 e. The molecule has 2 aromatic heterocycles. The molecular weight excluding hydrogens is 342 g/mol. The highest BCUT2D eigenvalue weighted by molar-refractivity contribution is 5.87. The third-order valence-electron chi connectivity index (χ3n) is 4.37. The van der Waals surface area contributed by atoms with E-state index in [4.69, 9.17) is 9.94 Å². The van der Waals surface area contributed by atoms with E-state index in [2.05, 4.69) is 26.2 Å². The van der Waals surface area contributed by atoms with Crippen molar-refractivity contribution in [2.75, 3.05) is 0 Å². The maximum atomic E-state index is 8.68. The lowest BCUT2D eigenvalue weighted by Crippen LogP contribution is -2.03. The molecule has 1 atom stereocenters. The van der Waals surface area contributed by atoms with E-state index in [9.17, 15) is 0 Å². The van der Waals surface area contributed by atoms with Crippen molar-refractivity contribution < 1.29 is 9.94 Å². The summed E-state index contributed by atoms with van der Waals surface area (Å²) < 4.78 is 7.94. The minimum atomic E-state index is -0.107. The summed E-state index contributed by atoms with van der Waals surface area (Å²) in [6.45, 7) is 2.46. The number of H-pyrrole nitrogens is 1. The second-order valence-electron chi connectivity index (χ2n) is 6.20. The number of imidazole rings is 2. The number of nitrogens with one attached hydrogen (secondary N) is 1. The van der Waals surface area contributed by atoms with Gasteiger partial charge in [0.05, 0.1) is 23.9 Å². The zero-order valence-corrected chi connectivity index (χ0v) is 14.8. The monoisotopic (exact) mass is 361 g/mol. The van der Waals surface area contributed by atoms with Crippen molar-refractivity contribution in [1.82, 2.24) is 19.5 Å². The molecule has 0 spiro atoms. The van der Waals surface area contributed by atoms with Crippen LogP contribution in [-0.2, 0) is 11.3 Å². The first-order valence-corrected chi connectivity index (χ1v) is 8.59. The lowest BCUT2D eigenvalue weighted by molar-refractivity contribution is 0.0473. The molecule has 4 rings (SSSR count). The third-order valence-corrected chi connectivity index (χ3v) is 4.37. The van der Waals surface area contributed by atoms with Gasteiger partial charge in [-0.1, -0.05) is 23.4 Å². The Hall–Kier alpha value is -3.45. The maximum absolute atomic E-state index is 8.68. The molecule has 27 heavy (non-hydrogen) atoms. The Balaban J connectivity index is 1.56. The lowest BCUT2D eigenvalue weighted by Gasteiger charge is -2.12. The Morgan fingerprint density at radius 1 is 1.26 bits per heavy atom. The first-order valence-electron chi connectivity index (χ1n) is 8.59. The zero-order chi connectivity index (χ0) is 18.6. The van der Waals surface area contributed by atoms with Gasteiger partial charge in [0.15, 0.2) is 0 Å². The summed E-state index contributed by atoms with van der Waals surface area (Å²) in [7, 11) is 0. The number of hydrogen-bond donors (Lipinski definition) is 2. The minimum absolute atomic E-state index is 0.107. The molecule has 0 aliphatic carbocycles. The van der Waals surface area contributed by atoms with Crippen LogP contribution in [0.15, 0.2) is 66.3 Å². The van der Waals surface area contributed by atoms with Gasteiger partial charge in [-0.15, -0.1) is 0 Å². The van der Waals surface area contributed by atoms with Crippen LogP contribution in [0.5, 0.6) is 0 Å². The number of oxime groups is 1. The van der Waals surface area contributed by atoms with Gasteiger partial charge in [-0.3, -0.25) is 4.57 Å². The number of ether oxygens (including phenoxy) is 1. The molecule has 2 aromatic carbocycles. The molecule has 1 unspecified atom stereocenters. The van der Waals surface area contributed by atoms with Gasteiger partial charge >= 0.3 is 0 Å². The first kappa shape index (κ1) is 17.0. The number of aromatic nitrogens is 4. The van der Waals surface area contributed by atoms with Crippen LogP contribution in [-0.4, -0.2) is 30.9 Å². The zero-order valence-electron chi connectivity index (χ0n) is 14.8. The molecule has 0 saturated heterocycles. The third kappa shape index (κ3) is 3.58. The van der Waals surface area contributed by atoms with E-state index in [0.29, 0.717) is 6.61 Å². The largest absolute Gasteiger partial charge is 0.411 e. The highest BCUT2D eigenvalue weighted by Gasteiger charge is 2.09. The van der Waals surface area contributed by atoms with Gasteiger partial charge in [0.2, 0.25) is 0 Å². The number of hydrogen-bond acceptors (Lipinski definition) is 5. The Bertz CT molecular complexity index is 1070.